The summed E-state index contributed by atoms with van der Waals surface area (Å²) in [4.78, 5) is 25.4. The van der Waals surface area contributed by atoms with Crippen LogP contribution in [0.4, 0.5) is 5.13 Å². The molecule has 4 aromatic rings. The van der Waals surface area contributed by atoms with E-state index in [1.54, 1.807) is 40.4 Å². The van der Waals surface area contributed by atoms with Gasteiger partial charge in [-0.1, -0.05) is 47.2 Å². The number of para-hydroxylation sites is 1. The second-order valence-electron chi connectivity index (χ2n) is 7.25. The number of pyridine rings is 1. The van der Waals surface area contributed by atoms with E-state index in [0.29, 0.717) is 13.0 Å². The summed E-state index contributed by atoms with van der Waals surface area (Å²) in [5, 5.41) is 0.727. The molecule has 0 atom stereocenters. The van der Waals surface area contributed by atoms with Gasteiger partial charge in [-0.05, 0) is 55.0 Å². The van der Waals surface area contributed by atoms with Gasteiger partial charge in [0.05, 0.1) is 23.2 Å². The molecule has 0 saturated heterocycles. The van der Waals surface area contributed by atoms with E-state index in [2.05, 4.69) is 49.2 Å². The Labute approximate surface area is 185 Å². The van der Waals surface area contributed by atoms with Gasteiger partial charge in [0, 0.05) is 17.3 Å². The minimum atomic E-state index is 0.0376. The maximum Gasteiger partial charge on any atom is 0.233 e. The normalized spacial score (nSPS) is 11.0. The number of anilines is 1. The third kappa shape index (κ3) is 4.40. The van der Waals surface area contributed by atoms with Crippen molar-refractivity contribution in [2.75, 3.05) is 11.2 Å². The fourth-order valence-corrected chi connectivity index (χ4v) is 5.07. The Kier molecular flexibility index (Phi) is 6.16. The number of nitrogens with zero attached hydrogens (tertiary/aromatic N) is 3. The first-order valence-corrected chi connectivity index (χ1v) is 11.8. The molecule has 2 aromatic carbocycles. The van der Waals surface area contributed by atoms with Crippen molar-refractivity contribution in [2.45, 2.75) is 31.7 Å². The number of aryl methyl sites for hydroxylation is 2. The summed E-state index contributed by atoms with van der Waals surface area (Å²) in [6, 6.07) is 16.3. The molecule has 0 radical (unpaired) electrons. The Morgan fingerprint density at radius 2 is 2.00 bits per heavy atom. The topological polar surface area (TPSA) is 46.1 Å². The number of fused-ring (bicyclic) bond motifs is 1. The van der Waals surface area contributed by atoms with Crippen LogP contribution in [0.1, 0.15) is 22.3 Å². The summed E-state index contributed by atoms with van der Waals surface area (Å²) in [5.41, 5.74) is 5.33. The van der Waals surface area contributed by atoms with Gasteiger partial charge in [-0.15, -0.1) is 11.8 Å². The first-order valence-electron chi connectivity index (χ1n) is 9.74. The van der Waals surface area contributed by atoms with Crippen LogP contribution >= 0.6 is 23.1 Å². The van der Waals surface area contributed by atoms with Crippen LogP contribution in [0.15, 0.2) is 65.8 Å². The molecule has 0 aliphatic carbocycles. The first-order chi connectivity index (χ1) is 14.5. The largest absolute Gasteiger partial charge is 0.283 e. The molecular formula is C24H23N3OS2. The molecule has 6 heteroatoms. The van der Waals surface area contributed by atoms with Crippen LogP contribution in [-0.4, -0.2) is 22.1 Å². The molecule has 0 fully saturated rings. The van der Waals surface area contributed by atoms with Crippen molar-refractivity contribution in [3.63, 3.8) is 0 Å². The lowest BCUT2D eigenvalue weighted by Gasteiger charge is -2.20. The fourth-order valence-electron chi connectivity index (χ4n) is 3.43. The predicted octanol–water partition coefficient (Wildman–Crippen LogP) is 5.81. The Hall–Kier alpha value is -2.70. The maximum atomic E-state index is 13.5. The minimum Gasteiger partial charge on any atom is -0.283 e. The van der Waals surface area contributed by atoms with Gasteiger partial charge in [0.2, 0.25) is 5.91 Å². The lowest BCUT2D eigenvalue weighted by atomic mass is 10.0. The van der Waals surface area contributed by atoms with E-state index in [4.69, 9.17) is 4.98 Å². The highest BCUT2D eigenvalue weighted by molar-refractivity contribution is 7.98. The van der Waals surface area contributed by atoms with Crippen molar-refractivity contribution in [1.29, 1.82) is 0 Å². The van der Waals surface area contributed by atoms with Gasteiger partial charge in [-0.25, -0.2) is 4.98 Å². The van der Waals surface area contributed by atoms with E-state index >= 15 is 0 Å². The van der Waals surface area contributed by atoms with Crippen molar-refractivity contribution in [1.82, 2.24) is 9.97 Å². The lowest BCUT2D eigenvalue weighted by molar-refractivity contribution is -0.118. The van der Waals surface area contributed by atoms with Crippen molar-refractivity contribution in [3.05, 3.63) is 83.2 Å². The fraction of sp³-hybridized carbons (Fsp3) is 0.208. The average Bonchev–Trinajstić information content (AvgIpc) is 3.18. The number of thioether (sulfide) groups is 1. The first kappa shape index (κ1) is 20.6. The van der Waals surface area contributed by atoms with Crippen LogP contribution in [-0.2, 0) is 17.8 Å². The van der Waals surface area contributed by atoms with Crippen molar-refractivity contribution in [2.24, 2.45) is 0 Å². The van der Waals surface area contributed by atoms with Gasteiger partial charge in [0.1, 0.15) is 0 Å². The number of carbonyl (C=O) groups is 1. The van der Waals surface area contributed by atoms with E-state index in [0.717, 1.165) is 36.9 Å². The van der Waals surface area contributed by atoms with Crippen LogP contribution in [0.3, 0.4) is 0 Å². The number of aromatic nitrogens is 2. The number of amides is 1. The third-order valence-corrected chi connectivity index (χ3v) is 6.84. The summed E-state index contributed by atoms with van der Waals surface area (Å²) in [5.74, 6) is 0.0376. The van der Waals surface area contributed by atoms with Gasteiger partial charge >= 0.3 is 0 Å². The number of thiazole rings is 1. The summed E-state index contributed by atoms with van der Waals surface area (Å²) >= 11 is 3.23. The zero-order valence-electron chi connectivity index (χ0n) is 17.3. The SMILES string of the molecule is CSc1cccc2sc(N(Cc3cccnc3)C(=O)Cc3ccc(C)cc3C)nc12. The average molecular weight is 434 g/mol. The summed E-state index contributed by atoms with van der Waals surface area (Å²) in [6.07, 6.45) is 5.94. The molecule has 0 bridgehead atoms. The van der Waals surface area contributed by atoms with Crippen LogP contribution in [0, 0.1) is 13.8 Å². The molecule has 4 rings (SSSR count). The minimum absolute atomic E-state index is 0.0376. The zero-order chi connectivity index (χ0) is 21.1. The summed E-state index contributed by atoms with van der Waals surface area (Å²) in [6.45, 7) is 4.58. The van der Waals surface area contributed by atoms with Gasteiger partial charge < -0.3 is 0 Å². The summed E-state index contributed by atoms with van der Waals surface area (Å²) in [7, 11) is 0. The molecular weight excluding hydrogens is 410 g/mol. The Bertz CT molecular complexity index is 1190. The Balaban J connectivity index is 1.71. The van der Waals surface area contributed by atoms with Crippen LogP contribution in [0.2, 0.25) is 0 Å². The van der Waals surface area contributed by atoms with Gasteiger partial charge in [0.15, 0.2) is 5.13 Å². The third-order valence-electron chi connectivity index (χ3n) is 5.03. The van der Waals surface area contributed by atoms with E-state index in [1.807, 2.05) is 24.5 Å². The van der Waals surface area contributed by atoms with E-state index in [1.165, 1.54) is 5.56 Å². The lowest BCUT2D eigenvalue weighted by Crippen LogP contribution is -2.32. The highest BCUT2D eigenvalue weighted by Crippen LogP contribution is 2.35. The van der Waals surface area contributed by atoms with Crippen molar-refractivity contribution < 1.29 is 4.79 Å². The van der Waals surface area contributed by atoms with E-state index in [-0.39, 0.29) is 5.91 Å². The number of rotatable bonds is 6. The molecule has 30 heavy (non-hydrogen) atoms. The summed E-state index contributed by atoms with van der Waals surface area (Å²) < 4.78 is 1.09. The van der Waals surface area contributed by atoms with E-state index < -0.39 is 0 Å². The number of hydrogen-bond acceptors (Lipinski definition) is 5. The molecule has 0 N–H and O–H groups in total. The van der Waals surface area contributed by atoms with Crippen LogP contribution < -0.4 is 4.90 Å². The molecule has 0 unspecified atom stereocenters. The highest BCUT2D eigenvalue weighted by atomic mass is 32.2. The molecule has 2 aromatic heterocycles. The molecule has 0 saturated carbocycles. The molecule has 2 heterocycles. The maximum absolute atomic E-state index is 13.5. The second kappa shape index (κ2) is 8.98. The Morgan fingerprint density at radius 1 is 1.13 bits per heavy atom. The smallest absolute Gasteiger partial charge is 0.233 e. The highest BCUT2D eigenvalue weighted by Gasteiger charge is 2.22. The number of benzene rings is 2. The number of hydrogen-bond donors (Lipinski definition) is 0. The zero-order valence-corrected chi connectivity index (χ0v) is 18.9. The number of carbonyl (C=O) groups excluding carboxylic acids is 1. The molecule has 152 valence electrons. The molecule has 1 amide bonds. The van der Waals surface area contributed by atoms with Gasteiger partial charge in [0.25, 0.3) is 0 Å². The van der Waals surface area contributed by atoms with Gasteiger partial charge in [-0.2, -0.15) is 0 Å². The van der Waals surface area contributed by atoms with E-state index in [9.17, 15) is 4.79 Å². The second-order valence-corrected chi connectivity index (χ2v) is 9.11. The molecule has 0 aliphatic rings. The predicted molar refractivity (Wildman–Crippen MR) is 126 cm³/mol. The molecule has 0 spiro atoms. The Morgan fingerprint density at radius 3 is 2.73 bits per heavy atom. The molecule has 4 nitrogen and oxygen atoms in total. The quantitative estimate of drug-likeness (QED) is 0.360. The standard InChI is InChI=1S/C24H23N3OS2/c1-16-9-10-19(17(2)12-16)13-22(28)27(15-18-6-5-11-25-14-18)24-26-23-20(29-3)7-4-8-21(23)30-24/h4-12,14H,13,15H2,1-3H3. The van der Waals surface area contributed by atoms with Crippen LogP contribution in [0.5, 0.6) is 0 Å². The van der Waals surface area contributed by atoms with Gasteiger partial charge in [-0.3, -0.25) is 14.7 Å². The van der Waals surface area contributed by atoms with Crippen LogP contribution in [0.25, 0.3) is 10.2 Å². The van der Waals surface area contributed by atoms with Crippen molar-refractivity contribution >= 4 is 44.4 Å². The van der Waals surface area contributed by atoms with Crippen molar-refractivity contribution in [3.8, 4) is 0 Å². The molecule has 0 aliphatic heterocycles. The monoisotopic (exact) mass is 433 g/mol.